The van der Waals surface area contributed by atoms with Crippen LogP contribution in [0, 0.1) is 11.7 Å². The van der Waals surface area contributed by atoms with E-state index in [0.717, 1.165) is 31.5 Å². The Bertz CT molecular complexity index is 380. The molecule has 3 heteroatoms. The molecule has 0 spiro atoms. The van der Waals surface area contributed by atoms with Crippen LogP contribution in [-0.2, 0) is 0 Å². The maximum atomic E-state index is 14.2. The van der Waals surface area contributed by atoms with E-state index in [4.69, 9.17) is 4.74 Å². The zero-order valence-corrected chi connectivity index (χ0v) is 10.5. The van der Waals surface area contributed by atoms with Gasteiger partial charge in [-0.25, -0.2) is 4.39 Å². The van der Waals surface area contributed by atoms with Crippen LogP contribution in [0.5, 0.6) is 5.75 Å². The Balaban J connectivity index is 2.31. The highest BCUT2D eigenvalue weighted by Gasteiger charge is 2.27. The van der Waals surface area contributed by atoms with E-state index >= 15 is 0 Å². The van der Waals surface area contributed by atoms with Gasteiger partial charge in [-0.1, -0.05) is 25.5 Å². The lowest BCUT2D eigenvalue weighted by molar-refractivity contribution is 0.306. The Kier molecular flexibility index (Phi) is 4.00. The molecule has 2 atom stereocenters. The fourth-order valence-electron chi connectivity index (χ4n) is 2.73. The SMILES string of the molecule is CCC1CNCCC1c1cccc(OC)c1F. The second-order valence-electron chi connectivity index (χ2n) is 4.63. The highest BCUT2D eigenvalue weighted by molar-refractivity contribution is 5.34. The lowest BCUT2D eigenvalue weighted by Gasteiger charge is -2.32. The minimum Gasteiger partial charge on any atom is -0.494 e. The number of methoxy groups -OCH3 is 1. The molecule has 0 saturated carbocycles. The largest absolute Gasteiger partial charge is 0.494 e. The molecule has 0 aromatic heterocycles. The minimum absolute atomic E-state index is 0.180. The van der Waals surface area contributed by atoms with Crippen molar-refractivity contribution >= 4 is 0 Å². The summed E-state index contributed by atoms with van der Waals surface area (Å²) >= 11 is 0. The van der Waals surface area contributed by atoms with Gasteiger partial charge in [-0.15, -0.1) is 0 Å². The normalized spacial score (nSPS) is 24.6. The average molecular weight is 237 g/mol. The van der Waals surface area contributed by atoms with Gasteiger partial charge in [-0.05, 0) is 43.0 Å². The molecule has 1 aromatic rings. The molecule has 1 heterocycles. The summed E-state index contributed by atoms with van der Waals surface area (Å²) in [5, 5.41) is 3.38. The molecular weight excluding hydrogens is 217 g/mol. The number of hydrogen-bond acceptors (Lipinski definition) is 2. The summed E-state index contributed by atoms with van der Waals surface area (Å²) in [4.78, 5) is 0. The monoisotopic (exact) mass is 237 g/mol. The van der Waals surface area contributed by atoms with Crippen molar-refractivity contribution in [2.75, 3.05) is 20.2 Å². The number of nitrogens with one attached hydrogen (secondary N) is 1. The molecule has 1 saturated heterocycles. The second kappa shape index (κ2) is 5.50. The Morgan fingerprint density at radius 2 is 2.29 bits per heavy atom. The van der Waals surface area contributed by atoms with Crippen molar-refractivity contribution in [3.63, 3.8) is 0 Å². The number of piperidine rings is 1. The van der Waals surface area contributed by atoms with Crippen molar-refractivity contribution in [3.8, 4) is 5.75 Å². The highest BCUT2D eigenvalue weighted by atomic mass is 19.1. The van der Waals surface area contributed by atoms with Crippen LogP contribution in [0.4, 0.5) is 4.39 Å². The molecule has 0 amide bonds. The Morgan fingerprint density at radius 1 is 1.47 bits per heavy atom. The van der Waals surface area contributed by atoms with Gasteiger partial charge in [0.1, 0.15) is 0 Å². The van der Waals surface area contributed by atoms with Crippen LogP contribution in [0.25, 0.3) is 0 Å². The van der Waals surface area contributed by atoms with Crippen LogP contribution in [0.15, 0.2) is 18.2 Å². The van der Waals surface area contributed by atoms with Crippen molar-refractivity contribution < 1.29 is 9.13 Å². The first-order valence-electron chi connectivity index (χ1n) is 6.31. The zero-order valence-electron chi connectivity index (χ0n) is 10.5. The third-order valence-electron chi connectivity index (χ3n) is 3.74. The standard InChI is InChI=1S/C14H20FNO/c1-3-10-9-16-8-7-11(10)12-5-4-6-13(17-2)14(12)15/h4-6,10-11,16H,3,7-9H2,1-2H3. The molecule has 94 valence electrons. The van der Waals surface area contributed by atoms with Crippen molar-refractivity contribution in [1.29, 1.82) is 0 Å². The minimum atomic E-state index is -0.180. The fraction of sp³-hybridized carbons (Fsp3) is 0.571. The van der Waals surface area contributed by atoms with E-state index in [0.29, 0.717) is 17.6 Å². The van der Waals surface area contributed by atoms with Crippen molar-refractivity contribution in [2.24, 2.45) is 5.92 Å². The number of rotatable bonds is 3. The molecule has 1 N–H and O–H groups in total. The molecule has 1 aromatic carbocycles. The third kappa shape index (κ3) is 2.44. The average Bonchev–Trinajstić information content (AvgIpc) is 2.39. The summed E-state index contributed by atoms with van der Waals surface area (Å²) in [6.45, 7) is 4.12. The van der Waals surface area contributed by atoms with Gasteiger partial charge in [0, 0.05) is 0 Å². The topological polar surface area (TPSA) is 21.3 Å². The van der Waals surface area contributed by atoms with E-state index in [-0.39, 0.29) is 5.82 Å². The van der Waals surface area contributed by atoms with Crippen LogP contribution >= 0.6 is 0 Å². The smallest absolute Gasteiger partial charge is 0.168 e. The maximum absolute atomic E-state index is 14.2. The summed E-state index contributed by atoms with van der Waals surface area (Å²) in [6.07, 6.45) is 2.08. The first kappa shape index (κ1) is 12.4. The number of ether oxygens (including phenoxy) is 1. The molecule has 1 aliphatic rings. The molecule has 0 radical (unpaired) electrons. The number of hydrogen-bond donors (Lipinski definition) is 1. The second-order valence-corrected chi connectivity index (χ2v) is 4.63. The van der Waals surface area contributed by atoms with E-state index in [1.807, 2.05) is 12.1 Å². The van der Waals surface area contributed by atoms with Gasteiger partial charge in [0.15, 0.2) is 11.6 Å². The molecular formula is C14H20FNO. The molecule has 1 fully saturated rings. The van der Waals surface area contributed by atoms with Crippen LogP contribution < -0.4 is 10.1 Å². The number of benzene rings is 1. The van der Waals surface area contributed by atoms with Crippen LogP contribution in [0.1, 0.15) is 31.2 Å². The summed E-state index contributed by atoms with van der Waals surface area (Å²) < 4.78 is 19.3. The summed E-state index contributed by atoms with van der Waals surface area (Å²) in [7, 11) is 1.52. The van der Waals surface area contributed by atoms with Crippen molar-refractivity contribution in [1.82, 2.24) is 5.32 Å². The highest BCUT2D eigenvalue weighted by Crippen LogP contribution is 2.36. The Labute approximate surface area is 102 Å². The molecule has 2 nitrogen and oxygen atoms in total. The fourth-order valence-corrected chi connectivity index (χ4v) is 2.73. The molecule has 2 rings (SSSR count). The maximum Gasteiger partial charge on any atom is 0.168 e. The van der Waals surface area contributed by atoms with Crippen LogP contribution in [0.3, 0.4) is 0 Å². The first-order chi connectivity index (χ1) is 8.27. The van der Waals surface area contributed by atoms with Crippen LogP contribution in [-0.4, -0.2) is 20.2 Å². The van der Waals surface area contributed by atoms with Gasteiger partial charge in [0.25, 0.3) is 0 Å². The molecule has 0 bridgehead atoms. The Morgan fingerprint density at radius 3 is 3.00 bits per heavy atom. The molecule has 0 aliphatic carbocycles. The van der Waals surface area contributed by atoms with E-state index in [1.165, 1.54) is 7.11 Å². The lowest BCUT2D eigenvalue weighted by atomic mass is 9.79. The van der Waals surface area contributed by atoms with E-state index < -0.39 is 0 Å². The van der Waals surface area contributed by atoms with Gasteiger partial charge in [-0.2, -0.15) is 0 Å². The summed E-state index contributed by atoms with van der Waals surface area (Å²) in [5.74, 6) is 1.01. The van der Waals surface area contributed by atoms with Gasteiger partial charge in [0.05, 0.1) is 7.11 Å². The van der Waals surface area contributed by atoms with Crippen molar-refractivity contribution in [3.05, 3.63) is 29.6 Å². The summed E-state index contributed by atoms with van der Waals surface area (Å²) in [5.41, 5.74) is 0.817. The predicted molar refractivity (Wildman–Crippen MR) is 67.0 cm³/mol. The van der Waals surface area contributed by atoms with Gasteiger partial charge in [-0.3, -0.25) is 0 Å². The molecule has 17 heavy (non-hydrogen) atoms. The number of halogens is 1. The van der Waals surface area contributed by atoms with Gasteiger partial charge >= 0.3 is 0 Å². The predicted octanol–water partition coefficient (Wildman–Crippen LogP) is 2.94. The Hall–Kier alpha value is -1.09. The van der Waals surface area contributed by atoms with E-state index in [1.54, 1.807) is 6.07 Å². The van der Waals surface area contributed by atoms with E-state index in [9.17, 15) is 4.39 Å². The molecule has 1 aliphatic heterocycles. The summed E-state index contributed by atoms with van der Waals surface area (Å²) in [6, 6.07) is 5.46. The van der Waals surface area contributed by atoms with Crippen molar-refractivity contribution in [2.45, 2.75) is 25.7 Å². The van der Waals surface area contributed by atoms with Gasteiger partial charge in [0.2, 0.25) is 0 Å². The van der Waals surface area contributed by atoms with Gasteiger partial charge < -0.3 is 10.1 Å². The van der Waals surface area contributed by atoms with Crippen LogP contribution in [0.2, 0.25) is 0 Å². The third-order valence-corrected chi connectivity index (χ3v) is 3.74. The first-order valence-corrected chi connectivity index (χ1v) is 6.31. The zero-order chi connectivity index (χ0) is 12.3. The molecule has 2 unspecified atom stereocenters. The van der Waals surface area contributed by atoms with E-state index in [2.05, 4.69) is 12.2 Å². The quantitative estimate of drug-likeness (QED) is 0.872. The lowest BCUT2D eigenvalue weighted by Crippen LogP contribution is -2.35.